The third-order valence-electron chi connectivity index (χ3n) is 6.28. The van der Waals surface area contributed by atoms with Crippen LogP contribution in [-0.2, 0) is 16.1 Å². The predicted molar refractivity (Wildman–Crippen MR) is 110 cm³/mol. The molecule has 0 aromatic carbocycles. The second-order valence-corrected chi connectivity index (χ2v) is 8.75. The summed E-state index contributed by atoms with van der Waals surface area (Å²) in [7, 11) is 3.54. The number of likely N-dealkylation sites (tertiary alicyclic amines) is 1. The van der Waals surface area contributed by atoms with E-state index in [1.165, 1.54) is 5.56 Å². The average Bonchev–Trinajstić information content (AvgIpc) is 3.31. The van der Waals surface area contributed by atoms with Crippen LogP contribution < -0.4 is 0 Å². The Morgan fingerprint density at radius 2 is 2.03 bits per heavy atom. The Labute approximate surface area is 172 Å². The van der Waals surface area contributed by atoms with E-state index in [9.17, 15) is 4.79 Å². The number of carbonyl (C=O) groups is 1. The van der Waals surface area contributed by atoms with E-state index in [0.29, 0.717) is 11.8 Å². The van der Waals surface area contributed by atoms with Crippen LogP contribution in [0.25, 0.3) is 0 Å². The highest BCUT2D eigenvalue weighted by Crippen LogP contribution is 2.42. The highest BCUT2D eigenvalue weighted by molar-refractivity contribution is 5.76. The van der Waals surface area contributed by atoms with Gasteiger partial charge in [0, 0.05) is 52.3 Å². The number of aryl methyl sites for hydroxylation is 1. The number of hydrogen-bond acceptors (Lipinski definition) is 5. The first-order valence-electron chi connectivity index (χ1n) is 10.4. The normalized spacial score (nSPS) is 27.0. The molecule has 2 fully saturated rings. The maximum atomic E-state index is 12.1. The molecular weight excluding hydrogens is 366 g/mol. The van der Waals surface area contributed by atoms with Crippen LogP contribution >= 0.6 is 0 Å². The fourth-order valence-electron chi connectivity index (χ4n) is 4.75. The zero-order valence-electron chi connectivity index (χ0n) is 17.6. The molecule has 7 heteroatoms. The molecule has 1 aliphatic carbocycles. The van der Waals surface area contributed by atoms with Crippen molar-refractivity contribution < 1.29 is 9.53 Å². The molecular formula is C22H31N5O2. The molecule has 0 bridgehead atoms. The Morgan fingerprint density at radius 1 is 1.24 bits per heavy atom. The summed E-state index contributed by atoms with van der Waals surface area (Å²) in [4.78, 5) is 20.4. The molecule has 7 nitrogen and oxygen atoms in total. The smallest absolute Gasteiger partial charge is 0.248 e. The molecule has 0 unspecified atom stereocenters. The molecule has 1 saturated carbocycles. The Morgan fingerprint density at radius 3 is 2.69 bits per heavy atom. The monoisotopic (exact) mass is 397 g/mol. The molecule has 4 atom stereocenters. The quantitative estimate of drug-likeness (QED) is 0.747. The Balaban J connectivity index is 1.45. The minimum atomic E-state index is 0.00662. The van der Waals surface area contributed by atoms with Gasteiger partial charge >= 0.3 is 0 Å². The van der Waals surface area contributed by atoms with E-state index in [4.69, 9.17) is 4.74 Å². The number of aromatic nitrogens is 3. The number of likely N-dealkylation sites (N-methyl/N-ethyl adjacent to an activating group) is 1. The number of rotatable bonds is 6. The maximum Gasteiger partial charge on any atom is 0.248 e. The summed E-state index contributed by atoms with van der Waals surface area (Å²) in [5.74, 6) is 1.23. The van der Waals surface area contributed by atoms with Crippen LogP contribution in [0.15, 0.2) is 36.9 Å². The SMILES string of the molecule is Cc1cnn([C@H]2C[C@H]3CN(Cc4cccnc4)C[C@H]3C[C@@H]2OCC(=O)N(C)C)c1. The molecule has 1 amide bonds. The molecule has 2 aromatic rings. The molecule has 29 heavy (non-hydrogen) atoms. The van der Waals surface area contributed by atoms with Gasteiger partial charge in [-0.05, 0) is 48.8 Å². The van der Waals surface area contributed by atoms with E-state index in [2.05, 4.69) is 38.9 Å². The molecule has 2 aliphatic rings. The van der Waals surface area contributed by atoms with Gasteiger partial charge in [-0.25, -0.2) is 0 Å². The van der Waals surface area contributed by atoms with Crippen LogP contribution in [0.4, 0.5) is 0 Å². The van der Waals surface area contributed by atoms with E-state index >= 15 is 0 Å². The van der Waals surface area contributed by atoms with Crippen molar-refractivity contribution >= 4 is 5.91 Å². The molecule has 1 aliphatic heterocycles. The summed E-state index contributed by atoms with van der Waals surface area (Å²) in [5, 5.41) is 4.57. The van der Waals surface area contributed by atoms with Crippen molar-refractivity contribution in [3.05, 3.63) is 48.0 Å². The Hall–Kier alpha value is -2.25. The summed E-state index contributed by atoms with van der Waals surface area (Å²) in [6, 6.07) is 4.32. The van der Waals surface area contributed by atoms with Gasteiger partial charge in [0.15, 0.2) is 0 Å². The van der Waals surface area contributed by atoms with Crippen LogP contribution in [0.5, 0.6) is 0 Å². The average molecular weight is 398 g/mol. The molecule has 3 heterocycles. The van der Waals surface area contributed by atoms with Gasteiger partial charge in [0.1, 0.15) is 6.61 Å². The Bertz CT molecular complexity index is 822. The molecule has 2 aromatic heterocycles. The zero-order valence-corrected chi connectivity index (χ0v) is 17.6. The van der Waals surface area contributed by atoms with Gasteiger partial charge in [0.05, 0.1) is 18.3 Å². The van der Waals surface area contributed by atoms with Gasteiger partial charge < -0.3 is 9.64 Å². The lowest BCUT2D eigenvalue weighted by Gasteiger charge is -2.38. The van der Waals surface area contributed by atoms with Crippen LogP contribution in [-0.4, -0.2) is 70.4 Å². The third-order valence-corrected chi connectivity index (χ3v) is 6.28. The van der Waals surface area contributed by atoms with Crippen molar-refractivity contribution in [2.45, 2.75) is 38.5 Å². The molecule has 1 saturated heterocycles. The lowest BCUT2D eigenvalue weighted by Crippen LogP contribution is -2.40. The van der Waals surface area contributed by atoms with E-state index in [1.807, 2.05) is 24.7 Å². The lowest BCUT2D eigenvalue weighted by atomic mass is 9.77. The summed E-state index contributed by atoms with van der Waals surface area (Å²) in [6.07, 6.45) is 9.79. The topological polar surface area (TPSA) is 63.5 Å². The first kappa shape index (κ1) is 20.0. The van der Waals surface area contributed by atoms with E-state index < -0.39 is 0 Å². The minimum Gasteiger partial charge on any atom is -0.366 e. The van der Waals surface area contributed by atoms with Gasteiger partial charge in [-0.2, -0.15) is 5.10 Å². The number of carbonyl (C=O) groups excluding carboxylic acids is 1. The summed E-state index contributed by atoms with van der Waals surface area (Å²) in [5.41, 5.74) is 2.41. The molecule has 0 N–H and O–H groups in total. The van der Waals surface area contributed by atoms with E-state index in [-0.39, 0.29) is 24.7 Å². The molecule has 0 radical (unpaired) electrons. The van der Waals surface area contributed by atoms with Crippen molar-refractivity contribution in [1.29, 1.82) is 0 Å². The van der Waals surface area contributed by atoms with Crippen LogP contribution in [0, 0.1) is 18.8 Å². The van der Waals surface area contributed by atoms with Crippen LogP contribution in [0.2, 0.25) is 0 Å². The highest BCUT2D eigenvalue weighted by Gasteiger charge is 2.43. The number of nitrogens with zero attached hydrogens (tertiary/aromatic N) is 5. The standard InChI is InChI=1S/C22H31N5O2/c1-16-9-24-27(11-16)20-7-18-13-26(12-17-5-4-6-23-10-17)14-19(18)8-21(20)29-15-22(28)25(2)3/h4-6,9-11,18-21H,7-8,12-15H2,1-3H3/t18-,19+,20-,21-/m0/s1. The van der Waals surface area contributed by atoms with Gasteiger partial charge in [-0.1, -0.05) is 6.07 Å². The van der Waals surface area contributed by atoms with E-state index in [0.717, 1.165) is 38.0 Å². The van der Waals surface area contributed by atoms with Crippen molar-refractivity contribution in [2.75, 3.05) is 33.8 Å². The van der Waals surface area contributed by atoms with Gasteiger partial charge in [0.2, 0.25) is 5.91 Å². The number of fused-ring (bicyclic) bond motifs is 1. The second kappa shape index (κ2) is 8.63. The number of pyridine rings is 1. The van der Waals surface area contributed by atoms with Gasteiger partial charge in [-0.3, -0.25) is 19.4 Å². The first-order valence-corrected chi connectivity index (χ1v) is 10.4. The maximum absolute atomic E-state index is 12.1. The summed E-state index contributed by atoms with van der Waals surface area (Å²) < 4.78 is 8.22. The lowest BCUT2D eigenvalue weighted by molar-refractivity contribution is -0.138. The van der Waals surface area contributed by atoms with Crippen LogP contribution in [0.1, 0.15) is 30.0 Å². The van der Waals surface area contributed by atoms with Crippen molar-refractivity contribution in [1.82, 2.24) is 24.6 Å². The first-order chi connectivity index (χ1) is 14.0. The molecule has 4 rings (SSSR count). The van der Waals surface area contributed by atoms with Crippen molar-refractivity contribution in [2.24, 2.45) is 11.8 Å². The predicted octanol–water partition coefficient (Wildman–Crippen LogP) is 2.14. The number of amides is 1. The largest absolute Gasteiger partial charge is 0.366 e. The fourth-order valence-corrected chi connectivity index (χ4v) is 4.75. The third kappa shape index (κ3) is 4.67. The molecule has 156 valence electrons. The second-order valence-electron chi connectivity index (χ2n) is 8.75. The summed E-state index contributed by atoms with van der Waals surface area (Å²) in [6.45, 7) is 5.31. The number of ether oxygens (including phenoxy) is 1. The van der Waals surface area contributed by atoms with Gasteiger partial charge in [-0.15, -0.1) is 0 Å². The van der Waals surface area contributed by atoms with Crippen molar-refractivity contribution in [3.63, 3.8) is 0 Å². The van der Waals surface area contributed by atoms with E-state index in [1.54, 1.807) is 19.0 Å². The van der Waals surface area contributed by atoms with Crippen LogP contribution in [0.3, 0.4) is 0 Å². The summed E-state index contributed by atoms with van der Waals surface area (Å²) >= 11 is 0. The minimum absolute atomic E-state index is 0.00662. The highest BCUT2D eigenvalue weighted by atomic mass is 16.5. The molecule has 0 spiro atoms. The number of hydrogen-bond donors (Lipinski definition) is 0. The van der Waals surface area contributed by atoms with Crippen molar-refractivity contribution in [3.8, 4) is 0 Å². The fraction of sp³-hybridized carbons (Fsp3) is 0.591. The Kier molecular flexibility index (Phi) is 5.96. The van der Waals surface area contributed by atoms with Gasteiger partial charge in [0.25, 0.3) is 0 Å². The zero-order chi connectivity index (χ0) is 20.4.